The van der Waals surface area contributed by atoms with Gasteiger partial charge in [0.05, 0.1) is 6.33 Å². The van der Waals surface area contributed by atoms with Crippen molar-refractivity contribution in [1.29, 1.82) is 0 Å². The highest BCUT2D eigenvalue weighted by molar-refractivity contribution is 5.83. The van der Waals surface area contributed by atoms with E-state index in [9.17, 15) is 0 Å². The third-order valence-corrected chi connectivity index (χ3v) is 5.20. The van der Waals surface area contributed by atoms with Gasteiger partial charge < -0.3 is 9.47 Å². The molecule has 3 heterocycles. The Bertz CT molecular complexity index is 875. The van der Waals surface area contributed by atoms with E-state index in [0.717, 1.165) is 49.7 Å². The molecule has 6 heteroatoms. The van der Waals surface area contributed by atoms with Crippen molar-refractivity contribution in [1.82, 2.24) is 24.4 Å². The molecule has 1 aliphatic heterocycles. The number of anilines is 1. The molecule has 26 heavy (non-hydrogen) atoms. The summed E-state index contributed by atoms with van der Waals surface area (Å²) in [4.78, 5) is 18.2. The van der Waals surface area contributed by atoms with E-state index in [1.54, 1.807) is 12.7 Å². The monoisotopic (exact) mass is 350 g/mol. The van der Waals surface area contributed by atoms with Crippen LogP contribution >= 0.6 is 0 Å². The standard InChI is InChI=1S/C20H26N6/c1-15(2)17-6-4-16(5-7-17)12-25-8-10-26(11-9-25)20-18-19(21-13-22-20)24(3)14-23-18/h4-7,13-15H,8-12H2,1-3H3. The first-order valence-corrected chi connectivity index (χ1v) is 9.30. The van der Waals surface area contributed by atoms with Crippen molar-refractivity contribution >= 4 is 17.0 Å². The lowest BCUT2D eigenvalue weighted by molar-refractivity contribution is 0.249. The number of imidazole rings is 1. The highest BCUT2D eigenvalue weighted by atomic mass is 15.3. The van der Waals surface area contributed by atoms with E-state index in [0.29, 0.717) is 5.92 Å². The van der Waals surface area contributed by atoms with E-state index in [4.69, 9.17) is 0 Å². The van der Waals surface area contributed by atoms with E-state index in [-0.39, 0.29) is 0 Å². The van der Waals surface area contributed by atoms with E-state index >= 15 is 0 Å². The maximum absolute atomic E-state index is 4.50. The fraction of sp³-hybridized carbons (Fsp3) is 0.450. The van der Waals surface area contributed by atoms with Crippen molar-refractivity contribution < 1.29 is 0 Å². The Balaban J connectivity index is 1.40. The topological polar surface area (TPSA) is 50.1 Å². The van der Waals surface area contributed by atoms with Gasteiger partial charge in [0.15, 0.2) is 17.0 Å². The molecule has 1 saturated heterocycles. The normalized spacial score (nSPS) is 15.9. The van der Waals surface area contributed by atoms with Crippen molar-refractivity contribution in [3.8, 4) is 0 Å². The molecule has 1 fully saturated rings. The lowest BCUT2D eigenvalue weighted by Crippen LogP contribution is -2.46. The second-order valence-electron chi connectivity index (χ2n) is 7.38. The minimum Gasteiger partial charge on any atom is -0.352 e. The van der Waals surface area contributed by atoms with E-state index in [2.05, 4.69) is 62.9 Å². The summed E-state index contributed by atoms with van der Waals surface area (Å²) in [6.07, 6.45) is 3.45. The number of rotatable bonds is 4. The SMILES string of the molecule is CC(C)c1ccc(CN2CCN(c3ncnc4c3ncn4C)CC2)cc1. The average molecular weight is 350 g/mol. The number of aromatic nitrogens is 4. The highest BCUT2D eigenvalue weighted by Gasteiger charge is 2.21. The zero-order chi connectivity index (χ0) is 18.1. The van der Waals surface area contributed by atoms with Crippen LogP contribution in [0.15, 0.2) is 36.9 Å². The molecule has 0 saturated carbocycles. The van der Waals surface area contributed by atoms with Crippen LogP contribution in [-0.2, 0) is 13.6 Å². The Kier molecular flexibility index (Phi) is 4.59. The molecule has 0 bridgehead atoms. The number of piperazine rings is 1. The van der Waals surface area contributed by atoms with Gasteiger partial charge in [-0.05, 0) is 17.0 Å². The summed E-state index contributed by atoms with van der Waals surface area (Å²) in [7, 11) is 1.97. The number of nitrogens with zero attached hydrogens (tertiary/aromatic N) is 6. The molecule has 0 spiro atoms. The highest BCUT2D eigenvalue weighted by Crippen LogP contribution is 2.22. The van der Waals surface area contributed by atoms with Gasteiger partial charge in [-0.1, -0.05) is 38.1 Å². The zero-order valence-electron chi connectivity index (χ0n) is 15.8. The smallest absolute Gasteiger partial charge is 0.165 e. The molecular formula is C20H26N6. The Labute approximate surface area is 154 Å². The molecule has 1 aliphatic rings. The molecule has 0 atom stereocenters. The maximum atomic E-state index is 4.50. The Morgan fingerprint density at radius 3 is 2.38 bits per heavy atom. The second kappa shape index (κ2) is 7.03. The predicted molar refractivity (Wildman–Crippen MR) is 104 cm³/mol. The van der Waals surface area contributed by atoms with Gasteiger partial charge >= 0.3 is 0 Å². The number of aryl methyl sites for hydroxylation is 1. The molecule has 0 aliphatic carbocycles. The third-order valence-electron chi connectivity index (χ3n) is 5.20. The van der Waals surface area contributed by atoms with Crippen molar-refractivity contribution in [2.75, 3.05) is 31.1 Å². The van der Waals surface area contributed by atoms with Crippen LogP contribution in [0, 0.1) is 0 Å². The summed E-state index contributed by atoms with van der Waals surface area (Å²) < 4.78 is 1.94. The van der Waals surface area contributed by atoms with Crippen LogP contribution in [0.3, 0.4) is 0 Å². The molecule has 0 radical (unpaired) electrons. The second-order valence-corrected chi connectivity index (χ2v) is 7.38. The molecule has 1 aromatic carbocycles. The van der Waals surface area contributed by atoms with Gasteiger partial charge in [0, 0.05) is 39.8 Å². The fourth-order valence-electron chi connectivity index (χ4n) is 3.55. The van der Waals surface area contributed by atoms with Gasteiger partial charge in [-0.3, -0.25) is 4.90 Å². The largest absolute Gasteiger partial charge is 0.352 e. The third kappa shape index (κ3) is 3.29. The molecular weight excluding hydrogens is 324 g/mol. The van der Waals surface area contributed by atoms with Crippen LogP contribution in [-0.4, -0.2) is 50.6 Å². The summed E-state index contributed by atoms with van der Waals surface area (Å²) in [5.74, 6) is 1.54. The Morgan fingerprint density at radius 2 is 1.69 bits per heavy atom. The van der Waals surface area contributed by atoms with Gasteiger partial charge in [-0.2, -0.15) is 0 Å². The first-order chi connectivity index (χ1) is 12.6. The lowest BCUT2D eigenvalue weighted by atomic mass is 10.0. The van der Waals surface area contributed by atoms with E-state index < -0.39 is 0 Å². The van der Waals surface area contributed by atoms with Gasteiger partial charge in [-0.15, -0.1) is 0 Å². The molecule has 0 unspecified atom stereocenters. The number of fused-ring (bicyclic) bond motifs is 1. The van der Waals surface area contributed by atoms with E-state index in [1.807, 2.05) is 11.6 Å². The predicted octanol–water partition coefficient (Wildman–Crippen LogP) is 2.81. The first kappa shape index (κ1) is 17.0. The van der Waals surface area contributed by atoms with Crippen LogP contribution in [0.1, 0.15) is 30.9 Å². The average Bonchev–Trinajstić information content (AvgIpc) is 3.04. The first-order valence-electron chi connectivity index (χ1n) is 9.30. The lowest BCUT2D eigenvalue weighted by Gasteiger charge is -2.35. The van der Waals surface area contributed by atoms with Crippen LogP contribution in [0.25, 0.3) is 11.2 Å². The molecule has 2 aromatic heterocycles. The van der Waals surface area contributed by atoms with Crippen LogP contribution in [0.4, 0.5) is 5.82 Å². The van der Waals surface area contributed by atoms with Crippen LogP contribution in [0.2, 0.25) is 0 Å². The van der Waals surface area contributed by atoms with Gasteiger partial charge in [0.25, 0.3) is 0 Å². The summed E-state index contributed by atoms with van der Waals surface area (Å²) >= 11 is 0. The summed E-state index contributed by atoms with van der Waals surface area (Å²) in [5, 5.41) is 0. The molecule has 0 amide bonds. The Hall–Kier alpha value is -2.47. The van der Waals surface area contributed by atoms with Crippen LogP contribution < -0.4 is 4.90 Å². The van der Waals surface area contributed by atoms with Crippen molar-refractivity contribution in [3.63, 3.8) is 0 Å². The van der Waals surface area contributed by atoms with Crippen molar-refractivity contribution in [2.24, 2.45) is 7.05 Å². The number of benzene rings is 1. The minimum atomic E-state index is 0.587. The summed E-state index contributed by atoms with van der Waals surface area (Å²) in [6, 6.07) is 9.05. The molecule has 0 N–H and O–H groups in total. The Morgan fingerprint density at radius 1 is 0.962 bits per heavy atom. The molecule has 136 valence electrons. The van der Waals surface area contributed by atoms with Crippen molar-refractivity contribution in [3.05, 3.63) is 48.0 Å². The molecule has 4 rings (SSSR count). The zero-order valence-corrected chi connectivity index (χ0v) is 15.8. The molecule has 3 aromatic rings. The quantitative estimate of drug-likeness (QED) is 0.724. The van der Waals surface area contributed by atoms with Crippen LogP contribution in [0.5, 0.6) is 0 Å². The summed E-state index contributed by atoms with van der Waals surface area (Å²) in [6.45, 7) is 9.48. The number of hydrogen-bond acceptors (Lipinski definition) is 5. The fourth-order valence-corrected chi connectivity index (χ4v) is 3.55. The van der Waals surface area contributed by atoms with E-state index in [1.165, 1.54) is 11.1 Å². The van der Waals surface area contributed by atoms with Gasteiger partial charge in [-0.25, -0.2) is 15.0 Å². The maximum Gasteiger partial charge on any atom is 0.165 e. The molecule has 6 nitrogen and oxygen atoms in total. The minimum absolute atomic E-state index is 0.587. The van der Waals surface area contributed by atoms with Gasteiger partial charge in [0.1, 0.15) is 6.33 Å². The number of hydrogen-bond donors (Lipinski definition) is 0. The van der Waals surface area contributed by atoms with Crippen molar-refractivity contribution in [2.45, 2.75) is 26.3 Å². The van der Waals surface area contributed by atoms with Gasteiger partial charge in [0.2, 0.25) is 0 Å². The summed E-state index contributed by atoms with van der Waals surface area (Å²) in [5.41, 5.74) is 4.58.